The van der Waals surface area contributed by atoms with Crippen LogP contribution >= 0.6 is 0 Å². The van der Waals surface area contributed by atoms with E-state index in [4.69, 9.17) is 54.2 Å². The molecule has 14 heteroatoms. The zero-order valence-corrected chi connectivity index (χ0v) is 19.1. The summed E-state index contributed by atoms with van der Waals surface area (Å²) in [7, 11) is 37.9. The fourth-order valence-corrected chi connectivity index (χ4v) is 4.05. The van der Waals surface area contributed by atoms with Gasteiger partial charge in [0.05, 0.1) is 6.10 Å². The minimum Gasteiger partial charge on any atom is -0.393 e. The molecule has 2 fully saturated rings. The molecule has 3 atom stereocenters. The summed E-state index contributed by atoms with van der Waals surface area (Å²) in [6.45, 7) is 6.49. The van der Waals surface area contributed by atoms with E-state index in [1.54, 1.807) is 0 Å². The molecule has 2 aliphatic rings. The van der Waals surface area contributed by atoms with Gasteiger partial charge in [-0.1, -0.05) is 52.4 Å². The molecule has 1 N–H and O–H groups in total. The maximum absolute atomic E-state index is 9.22. The Morgan fingerprint density at radius 1 is 0.750 bits per heavy atom. The molecule has 2 saturated carbocycles. The molecule has 0 aromatic heterocycles. The van der Waals surface area contributed by atoms with Crippen molar-refractivity contribution in [2.45, 2.75) is 71.8 Å². The Labute approximate surface area is 197 Å². The van der Waals surface area contributed by atoms with Crippen molar-refractivity contribution in [1.82, 2.24) is 0 Å². The third-order valence-corrected chi connectivity index (χ3v) is 5.97. The SMILES string of the molecule is CC(O)C1CCCC1C.CC1CCCC1.[B]B([B])B([B])B(B([B])[B])B([B])[B].[Fe]. The smallest absolute Gasteiger partial charge is 0.0542 e. The largest absolute Gasteiger partial charge is 0.393 e. The van der Waals surface area contributed by atoms with Gasteiger partial charge in [0, 0.05) is 103 Å². The van der Waals surface area contributed by atoms with E-state index in [0.29, 0.717) is 5.92 Å². The summed E-state index contributed by atoms with van der Waals surface area (Å²) in [6.07, 6.45) is 6.51. The maximum Gasteiger partial charge on any atom is 0.0542 e. The van der Waals surface area contributed by atoms with Crippen molar-refractivity contribution in [2.75, 3.05) is 0 Å². The topological polar surface area (TPSA) is 20.2 Å². The molecule has 3 unspecified atom stereocenters. The molecular weight excluding hydrogens is 370 g/mol. The zero-order valence-electron chi connectivity index (χ0n) is 18.0. The monoisotopic (exact) mass is 400 g/mol. The normalized spacial score (nSPS) is 21.7. The van der Waals surface area contributed by atoms with Gasteiger partial charge < -0.3 is 5.11 Å². The van der Waals surface area contributed by atoms with E-state index >= 15 is 0 Å². The minimum atomic E-state index is -0.723. The van der Waals surface area contributed by atoms with Gasteiger partial charge in [0.2, 0.25) is 0 Å². The van der Waals surface area contributed by atoms with Crippen molar-refractivity contribution in [3.05, 3.63) is 0 Å². The van der Waals surface area contributed by atoms with Crippen LogP contribution in [0.4, 0.5) is 0 Å². The van der Waals surface area contributed by atoms with E-state index in [1.165, 1.54) is 44.9 Å². The molecule has 28 heavy (non-hydrogen) atoms. The Balaban J connectivity index is 0. The first kappa shape index (κ1) is 31.4. The van der Waals surface area contributed by atoms with Crippen molar-refractivity contribution in [3.63, 3.8) is 0 Å². The van der Waals surface area contributed by atoms with Gasteiger partial charge in [0.25, 0.3) is 0 Å². The molecule has 1 nitrogen and oxygen atoms in total. The molecular formula is C14H28B12FeO. The van der Waals surface area contributed by atoms with Crippen LogP contribution in [-0.4, -0.2) is 97.3 Å². The molecule has 0 bridgehead atoms. The average Bonchev–Trinajstić information content (AvgIpc) is 3.18. The van der Waals surface area contributed by atoms with Crippen LogP contribution < -0.4 is 0 Å². The first-order valence-electron chi connectivity index (χ1n) is 10.5. The molecule has 0 aliphatic heterocycles. The molecule has 0 aromatic rings. The van der Waals surface area contributed by atoms with Gasteiger partial charge in [0.1, 0.15) is 0 Å². The summed E-state index contributed by atoms with van der Waals surface area (Å²) in [5.74, 6) is 2.39. The van der Waals surface area contributed by atoms with Crippen LogP contribution in [0.5, 0.6) is 0 Å². The van der Waals surface area contributed by atoms with Crippen molar-refractivity contribution in [3.8, 4) is 0 Å². The first-order valence-corrected chi connectivity index (χ1v) is 10.5. The second kappa shape index (κ2) is 16.9. The summed E-state index contributed by atoms with van der Waals surface area (Å²) in [5, 5.41) is 9.22. The summed E-state index contributed by atoms with van der Waals surface area (Å²) < 4.78 is 0. The van der Waals surface area contributed by atoms with Crippen molar-refractivity contribution >= 4 is 86.1 Å². The Kier molecular flexibility index (Phi) is 19.0. The fraction of sp³-hybridized carbons (Fsp3) is 1.00. The van der Waals surface area contributed by atoms with Crippen LogP contribution in [0.1, 0.15) is 65.7 Å². The van der Waals surface area contributed by atoms with Gasteiger partial charge in [-0.25, -0.2) is 0 Å². The van der Waals surface area contributed by atoms with E-state index in [9.17, 15) is 5.11 Å². The van der Waals surface area contributed by atoms with Crippen molar-refractivity contribution < 1.29 is 22.2 Å². The molecule has 0 heterocycles. The van der Waals surface area contributed by atoms with Gasteiger partial charge in [-0.05, 0) is 31.1 Å². The molecule has 2 aliphatic carbocycles. The minimum absolute atomic E-state index is 0. The van der Waals surface area contributed by atoms with E-state index in [2.05, 4.69) is 13.8 Å². The summed E-state index contributed by atoms with van der Waals surface area (Å²) in [6, 6.07) is 0. The number of aliphatic hydroxyl groups excluding tert-OH is 1. The van der Waals surface area contributed by atoms with Gasteiger partial charge in [-0.2, -0.15) is 0 Å². The van der Waals surface area contributed by atoms with Crippen molar-refractivity contribution in [2.24, 2.45) is 17.8 Å². The Bertz CT molecular complexity index is 362. The summed E-state index contributed by atoms with van der Waals surface area (Å²) in [4.78, 5) is 0. The number of hydrogen-bond acceptors (Lipinski definition) is 1. The summed E-state index contributed by atoms with van der Waals surface area (Å²) in [5.41, 5.74) is 0. The first-order chi connectivity index (χ1) is 12.5. The van der Waals surface area contributed by atoms with E-state index in [-0.39, 0.29) is 23.2 Å². The maximum atomic E-state index is 9.22. The number of hydrogen-bond donors (Lipinski definition) is 1. The third-order valence-electron chi connectivity index (χ3n) is 5.97. The predicted octanol–water partition coefficient (Wildman–Crippen LogP) is -0.572. The second-order valence-electron chi connectivity index (χ2n) is 8.59. The second-order valence-corrected chi connectivity index (χ2v) is 8.59. The van der Waals surface area contributed by atoms with E-state index in [1.807, 2.05) is 6.92 Å². The van der Waals surface area contributed by atoms with Crippen LogP contribution in [0, 0.1) is 17.8 Å². The average molecular weight is 398 g/mol. The standard InChI is InChI=1S/C8H16O.C6H12.B12.Fe/c1-6-4-3-5-8(6)7(2)9;1-6-4-2-3-5-6;1-8(2)11(7)12(9(3)4)10(5)6;/h6-9H,3-5H2,1-2H3;6H,2-5H2,1H3;;. The predicted molar refractivity (Wildman–Crippen MR) is 135 cm³/mol. The Hall–Kier alpha value is 1.26. The fourth-order valence-electron chi connectivity index (χ4n) is 4.05. The Morgan fingerprint density at radius 3 is 1.36 bits per heavy atom. The zero-order chi connectivity index (χ0) is 21.1. The van der Waals surface area contributed by atoms with Gasteiger partial charge in [-0.3, -0.25) is 0 Å². The number of aliphatic hydroxyl groups is 1. The van der Waals surface area contributed by atoms with Crippen LogP contribution in [0.3, 0.4) is 0 Å². The Morgan fingerprint density at radius 2 is 1.21 bits per heavy atom. The number of rotatable bonds is 5. The van der Waals surface area contributed by atoms with Gasteiger partial charge in [0.15, 0.2) is 0 Å². The van der Waals surface area contributed by atoms with E-state index < -0.39 is 31.9 Å². The van der Waals surface area contributed by atoms with Gasteiger partial charge >= 0.3 is 0 Å². The van der Waals surface area contributed by atoms with E-state index in [0.717, 1.165) is 11.8 Å². The molecule has 2 rings (SSSR count). The van der Waals surface area contributed by atoms with Crippen molar-refractivity contribution in [1.29, 1.82) is 0 Å². The quantitative estimate of drug-likeness (QED) is 0.616. The molecule has 0 spiro atoms. The van der Waals surface area contributed by atoms with Crippen LogP contribution in [0.15, 0.2) is 0 Å². The van der Waals surface area contributed by atoms with Gasteiger partial charge in [-0.15, -0.1) is 0 Å². The third kappa shape index (κ3) is 12.8. The van der Waals surface area contributed by atoms with Crippen LogP contribution in [-0.2, 0) is 17.1 Å². The molecule has 134 valence electrons. The molecule has 0 aromatic carbocycles. The summed E-state index contributed by atoms with van der Waals surface area (Å²) >= 11 is 0. The molecule has 0 saturated heterocycles. The molecule has 14 radical (unpaired) electrons. The van der Waals surface area contributed by atoms with Crippen LogP contribution in [0.25, 0.3) is 0 Å². The van der Waals surface area contributed by atoms with Crippen LogP contribution in [0.2, 0.25) is 0 Å². The molecule has 0 amide bonds.